The van der Waals surface area contributed by atoms with E-state index in [0.29, 0.717) is 6.07 Å². The van der Waals surface area contributed by atoms with Crippen LogP contribution < -0.4 is 10.6 Å². The van der Waals surface area contributed by atoms with Crippen LogP contribution in [0.4, 0.5) is 17.6 Å². The van der Waals surface area contributed by atoms with E-state index in [2.05, 4.69) is 22.3 Å². The first-order chi connectivity index (χ1) is 14.7. The monoisotopic (exact) mass is 431 g/mol. The molecule has 0 radical (unpaired) electrons. The third kappa shape index (κ3) is 5.93. The summed E-state index contributed by atoms with van der Waals surface area (Å²) in [6.07, 6.45) is 1.36. The minimum absolute atomic E-state index is 0.0578. The molecule has 0 spiro atoms. The zero-order valence-electron chi connectivity index (χ0n) is 16.2. The highest BCUT2D eigenvalue weighted by atomic mass is 19.4. The number of carbonyl (C=O) groups excluding carboxylic acids is 1. The van der Waals surface area contributed by atoms with Gasteiger partial charge < -0.3 is 10.6 Å². The molecule has 0 aliphatic rings. The Bertz CT molecular complexity index is 1100. The lowest BCUT2D eigenvalue weighted by molar-refractivity contribution is -0.141. The van der Waals surface area contributed by atoms with Gasteiger partial charge in [0.15, 0.2) is 5.69 Å². The maximum absolute atomic E-state index is 14.3. The van der Waals surface area contributed by atoms with E-state index >= 15 is 0 Å². The summed E-state index contributed by atoms with van der Waals surface area (Å²) in [7, 11) is 1.60. The second-order valence-electron chi connectivity index (χ2n) is 5.92. The number of benzene rings is 1. The number of rotatable bonds is 7. The Morgan fingerprint density at radius 1 is 1.29 bits per heavy atom. The van der Waals surface area contributed by atoms with Crippen molar-refractivity contribution in [3.63, 3.8) is 0 Å². The molecule has 2 N–H and O–H groups in total. The molecule has 1 aromatic heterocycles. The number of nitrogens with zero attached hydrogens (tertiary/aromatic N) is 3. The lowest BCUT2D eigenvalue weighted by Crippen LogP contribution is -2.25. The molecule has 0 aliphatic carbocycles. The van der Waals surface area contributed by atoms with Crippen molar-refractivity contribution in [1.82, 2.24) is 20.4 Å². The summed E-state index contributed by atoms with van der Waals surface area (Å²) in [5, 5.41) is 17.4. The number of nitrogens with one attached hydrogen (secondary N) is 2. The lowest BCUT2D eigenvalue weighted by atomic mass is 10.2. The number of allylic oxidation sites excluding steroid dienone is 5. The summed E-state index contributed by atoms with van der Waals surface area (Å²) in [6.45, 7) is 3.37. The first-order valence-electron chi connectivity index (χ1n) is 8.73. The van der Waals surface area contributed by atoms with E-state index in [-0.39, 0.29) is 16.9 Å². The molecular weight excluding hydrogens is 414 g/mol. The van der Waals surface area contributed by atoms with Gasteiger partial charge >= 0.3 is 6.18 Å². The van der Waals surface area contributed by atoms with Crippen LogP contribution in [0, 0.1) is 11.3 Å². The summed E-state index contributed by atoms with van der Waals surface area (Å²) in [6, 6.07) is 7.94. The molecule has 0 atom stereocenters. The standard InChI is InChI=1S/C21H17F4N5O/c1-3-6-16(22)17(9-5-10-27-2)28-20(31)18-12-19(21(23,24)25)29-30(18)15-8-4-7-14(11-15)13-26/h3-12,27H,1H2,2H3,(H,28,31)/b10-5-,16-6+,17-9+. The van der Waals surface area contributed by atoms with Crippen molar-refractivity contribution in [2.24, 2.45) is 0 Å². The maximum Gasteiger partial charge on any atom is 0.435 e. The van der Waals surface area contributed by atoms with Crippen molar-refractivity contribution in [3.8, 4) is 11.8 Å². The van der Waals surface area contributed by atoms with Gasteiger partial charge in [0.25, 0.3) is 5.91 Å². The average molecular weight is 431 g/mol. The third-order valence-electron chi connectivity index (χ3n) is 3.75. The van der Waals surface area contributed by atoms with Gasteiger partial charge in [0.1, 0.15) is 11.5 Å². The molecule has 1 heterocycles. The number of alkyl halides is 3. The van der Waals surface area contributed by atoms with Crippen LogP contribution >= 0.6 is 0 Å². The van der Waals surface area contributed by atoms with E-state index in [9.17, 15) is 22.4 Å². The Balaban J connectivity index is 2.55. The van der Waals surface area contributed by atoms with Crippen LogP contribution in [0.1, 0.15) is 21.7 Å². The summed E-state index contributed by atoms with van der Waals surface area (Å²) in [4.78, 5) is 12.8. The quantitative estimate of drug-likeness (QED) is 0.510. The summed E-state index contributed by atoms with van der Waals surface area (Å²) >= 11 is 0. The highest BCUT2D eigenvalue weighted by Gasteiger charge is 2.36. The van der Waals surface area contributed by atoms with Gasteiger partial charge in [-0.3, -0.25) is 4.79 Å². The van der Waals surface area contributed by atoms with Gasteiger partial charge in [-0.15, -0.1) is 0 Å². The lowest BCUT2D eigenvalue weighted by Gasteiger charge is -2.10. The number of halogens is 4. The van der Waals surface area contributed by atoms with Crippen molar-refractivity contribution in [2.75, 3.05) is 7.05 Å². The smallest absolute Gasteiger partial charge is 0.394 e. The second-order valence-corrected chi connectivity index (χ2v) is 5.92. The first kappa shape index (κ1) is 23.2. The fourth-order valence-corrected chi connectivity index (χ4v) is 2.39. The molecule has 0 fully saturated rings. The predicted molar refractivity (Wildman–Crippen MR) is 106 cm³/mol. The Morgan fingerprint density at radius 3 is 2.65 bits per heavy atom. The molecule has 6 nitrogen and oxygen atoms in total. The fraction of sp³-hybridized carbons (Fsp3) is 0.0952. The molecule has 2 rings (SSSR count). The molecule has 2 aromatic rings. The number of aromatic nitrogens is 2. The Labute approximate surface area is 175 Å². The zero-order chi connectivity index (χ0) is 23.0. The number of nitriles is 1. The van der Waals surface area contributed by atoms with E-state index < -0.39 is 29.3 Å². The second kappa shape index (κ2) is 10.1. The predicted octanol–water partition coefficient (Wildman–Crippen LogP) is 4.15. The van der Waals surface area contributed by atoms with E-state index in [1.807, 2.05) is 6.07 Å². The average Bonchev–Trinajstić information content (AvgIpc) is 3.19. The number of amides is 1. The van der Waals surface area contributed by atoms with Crippen LogP contribution in [-0.2, 0) is 6.18 Å². The van der Waals surface area contributed by atoms with Crippen LogP contribution in [0.5, 0.6) is 0 Å². The topological polar surface area (TPSA) is 82.7 Å². The summed E-state index contributed by atoms with van der Waals surface area (Å²) < 4.78 is 54.8. The Kier molecular flexibility index (Phi) is 7.52. The number of hydrogen-bond donors (Lipinski definition) is 2. The highest BCUT2D eigenvalue weighted by Crippen LogP contribution is 2.30. The highest BCUT2D eigenvalue weighted by molar-refractivity contribution is 5.95. The van der Waals surface area contributed by atoms with E-state index in [1.54, 1.807) is 7.05 Å². The Morgan fingerprint density at radius 2 is 2.03 bits per heavy atom. The fourth-order valence-electron chi connectivity index (χ4n) is 2.39. The van der Waals surface area contributed by atoms with Crippen LogP contribution in [0.15, 0.2) is 78.9 Å². The molecular formula is C21H17F4N5O. The first-order valence-corrected chi connectivity index (χ1v) is 8.73. The van der Waals surface area contributed by atoms with Crippen molar-refractivity contribution < 1.29 is 22.4 Å². The number of carbonyl (C=O) groups is 1. The molecule has 0 aliphatic heterocycles. The van der Waals surface area contributed by atoms with Crippen molar-refractivity contribution >= 4 is 5.91 Å². The minimum atomic E-state index is -4.82. The normalized spacial score (nSPS) is 12.5. The molecule has 0 unspecified atom stereocenters. The SMILES string of the molecule is C=C\C=C(F)/C(=C\C=C/NC)NC(=O)c1cc(C(F)(F)F)nn1-c1cccc(C#N)c1. The molecule has 31 heavy (non-hydrogen) atoms. The molecule has 0 bridgehead atoms. The van der Waals surface area contributed by atoms with Gasteiger partial charge in [-0.2, -0.15) is 23.5 Å². The van der Waals surface area contributed by atoms with Crippen LogP contribution in [0.25, 0.3) is 5.69 Å². The van der Waals surface area contributed by atoms with Gasteiger partial charge in [0, 0.05) is 13.1 Å². The van der Waals surface area contributed by atoms with Crippen molar-refractivity contribution in [1.29, 1.82) is 5.26 Å². The van der Waals surface area contributed by atoms with E-state index in [0.717, 1.165) is 16.8 Å². The maximum atomic E-state index is 14.3. The molecule has 1 amide bonds. The van der Waals surface area contributed by atoms with Gasteiger partial charge in [-0.25, -0.2) is 9.07 Å². The molecule has 10 heteroatoms. The van der Waals surface area contributed by atoms with Gasteiger partial charge in [-0.1, -0.05) is 18.7 Å². The van der Waals surface area contributed by atoms with Gasteiger partial charge in [0.2, 0.25) is 0 Å². The van der Waals surface area contributed by atoms with Gasteiger partial charge in [0.05, 0.1) is 23.0 Å². The Hall–Kier alpha value is -4.13. The van der Waals surface area contributed by atoms with Crippen LogP contribution in [0.2, 0.25) is 0 Å². The summed E-state index contributed by atoms with van der Waals surface area (Å²) in [5.41, 5.74) is -1.91. The van der Waals surface area contributed by atoms with Gasteiger partial charge in [-0.05, 0) is 42.6 Å². The van der Waals surface area contributed by atoms with E-state index in [1.165, 1.54) is 42.6 Å². The van der Waals surface area contributed by atoms with Crippen LogP contribution in [-0.4, -0.2) is 22.7 Å². The van der Waals surface area contributed by atoms with Crippen LogP contribution in [0.3, 0.4) is 0 Å². The van der Waals surface area contributed by atoms with Crippen molar-refractivity contribution in [2.45, 2.75) is 6.18 Å². The van der Waals surface area contributed by atoms with E-state index in [4.69, 9.17) is 5.26 Å². The largest absolute Gasteiger partial charge is 0.435 e. The minimum Gasteiger partial charge on any atom is -0.394 e. The third-order valence-corrected chi connectivity index (χ3v) is 3.75. The zero-order valence-corrected chi connectivity index (χ0v) is 16.2. The number of hydrogen-bond acceptors (Lipinski definition) is 4. The molecule has 0 saturated carbocycles. The molecule has 1 aromatic carbocycles. The molecule has 160 valence electrons. The summed E-state index contributed by atoms with van der Waals surface area (Å²) in [5.74, 6) is -1.90. The molecule has 0 saturated heterocycles. The van der Waals surface area contributed by atoms with Crippen molar-refractivity contribution in [3.05, 3.63) is 95.9 Å².